The average molecular weight is 398 g/mol. The monoisotopic (exact) mass is 398 g/mol. The van der Waals surface area contributed by atoms with Crippen molar-refractivity contribution in [2.75, 3.05) is 0 Å². The molecule has 3 rings (SSSR count). The number of nitriles is 1. The highest BCUT2D eigenvalue weighted by Crippen LogP contribution is 2.34. The molecule has 0 atom stereocenters. The molecule has 0 amide bonds. The van der Waals surface area contributed by atoms with E-state index in [4.69, 9.17) is 0 Å². The van der Waals surface area contributed by atoms with Gasteiger partial charge in [0.05, 0.1) is 23.4 Å². The number of aromatic carboxylic acids is 1. The second kappa shape index (κ2) is 7.64. The van der Waals surface area contributed by atoms with Gasteiger partial charge < -0.3 is 9.67 Å². The minimum Gasteiger partial charge on any atom is -0.478 e. The first-order valence-electron chi connectivity index (χ1n) is 8.35. The SMILES string of the molecule is N#Cc1c(C(F)(F)F)cc(-c2cccc(C(=O)O)c2)n(Cc2ccccc2)c1=O. The number of alkyl halides is 3. The van der Waals surface area contributed by atoms with E-state index in [-0.39, 0.29) is 23.4 Å². The van der Waals surface area contributed by atoms with Crippen LogP contribution in [-0.4, -0.2) is 15.6 Å². The summed E-state index contributed by atoms with van der Waals surface area (Å²) in [5.41, 5.74) is -2.98. The molecule has 1 heterocycles. The molecule has 0 radical (unpaired) electrons. The largest absolute Gasteiger partial charge is 0.478 e. The molecule has 1 N–H and O–H groups in total. The summed E-state index contributed by atoms with van der Waals surface area (Å²) in [5.74, 6) is -1.26. The lowest BCUT2D eigenvalue weighted by atomic mass is 10.0. The van der Waals surface area contributed by atoms with Crippen molar-refractivity contribution in [3.8, 4) is 17.3 Å². The van der Waals surface area contributed by atoms with Crippen molar-refractivity contribution >= 4 is 5.97 Å². The Labute approximate surface area is 162 Å². The molecule has 0 bridgehead atoms. The van der Waals surface area contributed by atoms with E-state index in [1.54, 1.807) is 30.3 Å². The Morgan fingerprint density at radius 1 is 1.07 bits per heavy atom. The Morgan fingerprint density at radius 3 is 2.34 bits per heavy atom. The summed E-state index contributed by atoms with van der Waals surface area (Å²) in [4.78, 5) is 24.1. The zero-order chi connectivity index (χ0) is 21.2. The van der Waals surface area contributed by atoms with Crippen LogP contribution in [0.4, 0.5) is 13.2 Å². The highest BCUT2D eigenvalue weighted by molar-refractivity contribution is 5.89. The number of carboxylic acid groups (broad SMARTS) is 1. The third kappa shape index (κ3) is 4.04. The predicted molar refractivity (Wildman–Crippen MR) is 98.4 cm³/mol. The van der Waals surface area contributed by atoms with Crippen molar-refractivity contribution in [3.05, 3.63) is 93.3 Å². The number of aromatic nitrogens is 1. The minimum absolute atomic E-state index is 0.0842. The molecule has 0 aliphatic heterocycles. The van der Waals surface area contributed by atoms with Gasteiger partial charge in [-0.3, -0.25) is 4.79 Å². The van der Waals surface area contributed by atoms with Crippen molar-refractivity contribution in [3.63, 3.8) is 0 Å². The minimum atomic E-state index is -4.92. The van der Waals surface area contributed by atoms with Gasteiger partial charge >= 0.3 is 12.1 Å². The van der Waals surface area contributed by atoms with Crippen LogP contribution >= 0.6 is 0 Å². The van der Waals surface area contributed by atoms with E-state index in [9.17, 15) is 33.1 Å². The van der Waals surface area contributed by atoms with E-state index in [0.717, 1.165) is 4.57 Å². The van der Waals surface area contributed by atoms with Crippen molar-refractivity contribution in [1.82, 2.24) is 4.57 Å². The quantitative estimate of drug-likeness (QED) is 0.716. The van der Waals surface area contributed by atoms with E-state index in [1.165, 1.54) is 30.3 Å². The predicted octanol–water partition coefficient (Wildman–Crippen LogP) is 4.15. The molecule has 0 saturated carbocycles. The first-order chi connectivity index (χ1) is 13.7. The number of halogens is 3. The number of rotatable bonds is 4. The van der Waals surface area contributed by atoms with Gasteiger partial charge in [-0.2, -0.15) is 18.4 Å². The summed E-state index contributed by atoms with van der Waals surface area (Å²) in [6.45, 7) is -0.0842. The number of carboxylic acids is 1. The van der Waals surface area contributed by atoms with Crippen LogP contribution in [0.15, 0.2) is 65.5 Å². The maximum atomic E-state index is 13.5. The normalized spacial score (nSPS) is 11.1. The lowest BCUT2D eigenvalue weighted by molar-refractivity contribution is -0.137. The molecule has 0 unspecified atom stereocenters. The van der Waals surface area contributed by atoms with Crippen LogP contribution in [0.2, 0.25) is 0 Å². The fraction of sp³-hybridized carbons (Fsp3) is 0.0952. The van der Waals surface area contributed by atoms with Crippen LogP contribution in [-0.2, 0) is 12.7 Å². The molecular formula is C21H13F3N2O3. The molecule has 1 aromatic heterocycles. The summed E-state index contributed by atoms with van der Waals surface area (Å²) in [6, 6.07) is 15.9. The van der Waals surface area contributed by atoms with Crippen LogP contribution in [0.3, 0.4) is 0 Å². The van der Waals surface area contributed by atoms with E-state index in [0.29, 0.717) is 11.6 Å². The zero-order valence-electron chi connectivity index (χ0n) is 14.8. The molecule has 5 nitrogen and oxygen atoms in total. The molecule has 8 heteroatoms. The lowest BCUT2D eigenvalue weighted by Gasteiger charge is -2.18. The molecule has 0 spiro atoms. The van der Waals surface area contributed by atoms with Crippen molar-refractivity contribution in [2.45, 2.75) is 12.7 Å². The Hall–Kier alpha value is -3.86. The van der Waals surface area contributed by atoms with Gasteiger partial charge in [0.1, 0.15) is 11.6 Å². The number of benzene rings is 2. The van der Waals surface area contributed by atoms with Gasteiger partial charge in [0.2, 0.25) is 0 Å². The van der Waals surface area contributed by atoms with Gasteiger partial charge in [0, 0.05) is 0 Å². The van der Waals surface area contributed by atoms with Crippen molar-refractivity contribution in [2.24, 2.45) is 0 Å². The van der Waals surface area contributed by atoms with Crippen LogP contribution in [0, 0.1) is 11.3 Å². The number of carbonyl (C=O) groups is 1. The Balaban J connectivity index is 2.34. The zero-order valence-corrected chi connectivity index (χ0v) is 14.8. The molecule has 29 heavy (non-hydrogen) atoms. The van der Waals surface area contributed by atoms with E-state index < -0.39 is 28.8 Å². The highest BCUT2D eigenvalue weighted by Gasteiger charge is 2.36. The third-order valence-electron chi connectivity index (χ3n) is 4.31. The lowest BCUT2D eigenvalue weighted by Crippen LogP contribution is -2.28. The summed E-state index contributed by atoms with van der Waals surface area (Å²) in [6.07, 6.45) is -4.92. The molecule has 0 saturated heterocycles. The highest BCUT2D eigenvalue weighted by atomic mass is 19.4. The maximum Gasteiger partial charge on any atom is 0.417 e. The number of hydrogen-bond donors (Lipinski definition) is 1. The first-order valence-corrected chi connectivity index (χ1v) is 8.35. The van der Waals surface area contributed by atoms with E-state index >= 15 is 0 Å². The summed E-state index contributed by atoms with van der Waals surface area (Å²) in [7, 11) is 0. The van der Waals surface area contributed by atoms with E-state index in [1.807, 2.05) is 0 Å². The standard InChI is InChI=1S/C21H13F3N2O3/c22-21(23,24)17-10-18(14-7-4-8-15(9-14)20(28)29)26(19(27)16(17)11-25)12-13-5-2-1-3-6-13/h1-10H,12H2,(H,28,29). The van der Waals surface area contributed by atoms with Gasteiger partial charge in [0.25, 0.3) is 5.56 Å². The molecule has 2 aromatic carbocycles. The number of hydrogen-bond acceptors (Lipinski definition) is 3. The fourth-order valence-electron chi connectivity index (χ4n) is 2.95. The molecule has 0 aliphatic rings. The second-order valence-electron chi connectivity index (χ2n) is 6.19. The van der Waals surface area contributed by atoms with Gasteiger partial charge in [-0.25, -0.2) is 4.79 Å². The van der Waals surface area contributed by atoms with Crippen LogP contribution < -0.4 is 5.56 Å². The molecule has 3 aromatic rings. The van der Waals surface area contributed by atoms with Gasteiger partial charge in [-0.1, -0.05) is 42.5 Å². The van der Waals surface area contributed by atoms with Gasteiger partial charge in [-0.15, -0.1) is 0 Å². The summed E-state index contributed by atoms with van der Waals surface area (Å²) >= 11 is 0. The average Bonchev–Trinajstić information content (AvgIpc) is 2.69. The molecule has 0 aliphatic carbocycles. The Bertz CT molecular complexity index is 1180. The van der Waals surface area contributed by atoms with Crippen LogP contribution in [0.25, 0.3) is 11.3 Å². The summed E-state index contributed by atoms with van der Waals surface area (Å²) in [5, 5.41) is 18.4. The molecule has 146 valence electrons. The topological polar surface area (TPSA) is 83.1 Å². The number of nitrogens with zero attached hydrogens (tertiary/aromatic N) is 2. The molecular weight excluding hydrogens is 385 g/mol. The maximum absolute atomic E-state index is 13.5. The van der Waals surface area contributed by atoms with Crippen molar-refractivity contribution < 1.29 is 23.1 Å². The molecule has 0 fully saturated rings. The van der Waals surface area contributed by atoms with Gasteiger partial charge in [0.15, 0.2) is 0 Å². The third-order valence-corrected chi connectivity index (χ3v) is 4.31. The second-order valence-corrected chi connectivity index (χ2v) is 6.19. The summed E-state index contributed by atoms with van der Waals surface area (Å²) < 4.78 is 41.5. The Kier molecular flexibility index (Phi) is 5.24. The van der Waals surface area contributed by atoms with Gasteiger partial charge in [-0.05, 0) is 29.3 Å². The van der Waals surface area contributed by atoms with E-state index in [2.05, 4.69) is 0 Å². The first kappa shape index (κ1) is 19.9. The van der Waals surface area contributed by atoms with Crippen molar-refractivity contribution in [1.29, 1.82) is 5.26 Å². The smallest absolute Gasteiger partial charge is 0.417 e. The fourth-order valence-corrected chi connectivity index (χ4v) is 2.95. The van der Waals surface area contributed by atoms with Crippen LogP contribution in [0.1, 0.15) is 27.0 Å². The Morgan fingerprint density at radius 2 is 1.76 bits per heavy atom. The van der Waals surface area contributed by atoms with Crippen LogP contribution in [0.5, 0.6) is 0 Å². The number of pyridine rings is 1.